The summed E-state index contributed by atoms with van der Waals surface area (Å²) in [4.78, 5) is 0. The van der Waals surface area contributed by atoms with E-state index in [4.69, 9.17) is 5.11 Å². The smallest absolute Gasteiger partial charge is 0.0565 e. The van der Waals surface area contributed by atoms with Crippen molar-refractivity contribution in [1.29, 1.82) is 0 Å². The molecule has 2 N–H and O–H groups in total. The molecule has 0 bridgehead atoms. The molecule has 0 amide bonds. The fourth-order valence-electron chi connectivity index (χ4n) is 2.30. The van der Waals surface area contributed by atoms with Crippen LogP contribution in [0.3, 0.4) is 0 Å². The molecule has 1 rings (SSSR count). The van der Waals surface area contributed by atoms with E-state index < -0.39 is 0 Å². The first-order valence-corrected chi connectivity index (χ1v) is 7.12. The van der Waals surface area contributed by atoms with Gasteiger partial charge in [-0.05, 0) is 44.1 Å². The van der Waals surface area contributed by atoms with E-state index >= 15 is 0 Å². The van der Waals surface area contributed by atoms with Gasteiger partial charge in [-0.2, -0.15) is 0 Å². The molecule has 2 nitrogen and oxygen atoms in total. The molecule has 19 heavy (non-hydrogen) atoms. The quantitative estimate of drug-likeness (QED) is 0.705. The third-order valence-corrected chi connectivity index (χ3v) is 3.30. The lowest BCUT2D eigenvalue weighted by Gasteiger charge is -2.11. The van der Waals surface area contributed by atoms with Crippen molar-refractivity contribution in [2.24, 2.45) is 5.92 Å². The maximum Gasteiger partial charge on any atom is 0.0565 e. The summed E-state index contributed by atoms with van der Waals surface area (Å²) in [6, 6.07) is 10.5. The monoisotopic (exact) mass is 262 g/mol. The zero-order valence-corrected chi connectivity index (χ0v) is 12.0. The van der Waals surface area contributed by atoms with Gasteiger partial charge in [0, 0.05) is 6.61 Å². The zero-order chi connectivity index (χ0) is 14.1. The van der Waals surface area contributed by atoms with Crippen LogP contribution in [-0.4, -0.2) is 22.9 Å². The Hall–Kier alpha value is -1.12. The first kappa shape index (κ1) is 15.9. The lowest BCUT2D eigenvalue weighted by Crippen LogP contribution is -2.08. The molecule has 2 atom stereocenters. The molecular formula is C17H26O2. The van der Waals surface area contributed by atoms with Crippen molar-refractivity contribution in [3.8, 4) is 0 Å². The minimum atomic E-state index is -0.377. The van der Waals surface area contributed by atoms with Gasteiger partial charge in [-0.25, -0.2) is 0 Å². The second-order valence-electron chi connectivity index (χ2n) is 5.38. The van der Waals surface area contributed by atoms with Crippen LogP contribution in [0.25, 0.3) is 0 Å². The number of rotatable bonds is 8. The highest BCUT2D eigenvalue weighted by molar-refractivity contribution is 5.16. The number of aliphatic hydroxyl groups is 2. The average molecular weight is 262 g/mol. The minimum absolute atomic E-state index is 0.0638. The van der Waals surface area contributed by atoms with Crippen LogP contribution >= 0.6 is 0 Å². The van der Waals surface area contributed by atoms with Crippen LogP contribution in [0.2, 0.25) is 0 Å². The topological polar surface area (TPSA) is 40.5 Å². The van der Waals surface area contributed by atoms with E-state index in [1.54, 1.807) is 0 Å². The number of allylic oxidation sites excluding steroid dienone is 2. The molecule has 0 spiro atoms. The van der Waals surface area contributed by atoms with Gasteiger partial charge in [-0.1, -0.05) is 48.9 Å². The summed E-state index contributed by atoms with van der Waals surface area (Å²) >= 11 is 0. The predicted octanol–water partition coefficient (Wildman–Crippen LogP) is 3.34. The van der Waals surface area contributed by atoms with E-state index in [-0.39, 0.29) is 12.7 Å². The molecule has 0 aliphatic rings. The summed E-state index contributed by atoms with van der Waals surface area (Å²) in [6.45, 7) is 4.40. The molecule has 1 aromatic carbocycles. The predicted molar refractivity (Wildman–Crippen MR) is 80.0 cm³/mol. The van der Waals surface area contributed by atoms with Gasteiger partial charge < -0.3 is 10.2 Å². The van der Waals surface area contributed by atoms with Gasteiger partial charge in [0.2, 0.25) is 0 Å². The Morgan fingerprint density at radius 3 is 2.53 bits per heavy atom. The molecule has 0 radical (unpaired) electrons. The average Bonchev–Trinajstić information content (AvgIpc) is 2.38. The molecule has 2 heteroatoms. The fraction of sp³-hybridized carbons (Fsp3) is 0.529. The van der Waals surface area contributed by atoms with Crippen LogP contribution in [0.15, 0.2) is 42.0 Å². The van der Waals surface area contributed by atoms with Crippen molar-refractivity contribution in [2.45, 2.75) is 45.6 Å². The maximum atomic E-state index is 9.58. The van der Waals surface area contributed by atoms with Crippen LogP contribution in [0.1, 0.15) is 38.7 Å². The van der Waals surface area contributed by atoms with E-state index in [0.717, 1.165) is 19.3 Å². The zero-order valence-electron chi connectivity index (χ0n) is 12.0. The standard InChI is InChI=1S/C17H26O2/c1-14(8-9-17(19)10-11-18)12-15(2)13-16-6-4-3-5-7-16/h3-7,12,15,17-19H,8-11,13H2,1-2H3/b14-12+/t15-,17?/m0/s1. The van der Waals surface area contributed by atoms with Crippen LogP contribution in [-0.2, 0) is 6.42 Å². The molecule has 106 valence electrons. The summed E-state index contributed by atoms with van der Waals surface area (Å²) < 4.78 is 0. The number of aliphatic hydroxyl groups excluding tert-OH is 2. The molecule has 0 aliphatic heterocycles. The summed E-state index contributed by atoms with van der Waals surface area (Å²) in [6.07, 6.45) is 5.09. The number of benzene rings is 1. The van der Waals surface area contributed by atoms with Gasteiger partial charge in [0.15, 0.2) is 0 Å². The highest BCUT2D eigenvalue weighted by Gasteiger charge is 2.05. The van der Waals surface area contributed by atoms with E-state index in [9.17, 15) is 5.11 Å². The first-order valence-electron chi connectivity index (χ1n) is 7.12. The highest BCUT2D eigenvalue weighted by atomic mass is 16.3. The maximum absolute atomic E-state index is 9.58. The Labute approximate surface area is 116 Å². The Morgan fingerprint density at radius 1 is 1.21 bits per heavy atom. The van der Waals surface area contributed by atoms with Crippen molar-refractivity contribution in [3.05, 3.63) is 47.5 Å². The molecule has 1 aromatic rings. The van der Waals surface area contributed by atoms with Crippen LogP contribution in [0, 0.1) is 5.92 Å². The van der Waals surface area contributed by atoms with Gasteiger partial charge in [0.05, 0.1) is 6.10 Å². The molecule has 0 fully saturated rings. The second-order valence-corrected chi connectivity index (χ2v) is 5.38. The summed E-state index contributed by atoms with van der Waals surface area (Å²) in [5.41, 5.74) is 2.68. The van der Waals surface area contributed by atoms with Crippen molar-refractivity contribution < 1.29 is 10.2 Å². The van der Waals surface area contributed by atoms with E-state index in [1.807, 2.05) is 6.07 Å². The molecule has 0 aromatic heterocycles. The van der Waals surface area contributed by atoms with Crippen LogP contribution < -0.4 is 0 Å². The Balaban J connectivity index is 2.36. The molecule has 0 saturated carbocycles. The summed E-state index contributed by atoms with van der Waals surface area (Å²) in [7, 11) is 0. The number of hydrogen-bond acceptors (Lipinski definition) is 2. The Morgan fingerprint density at radius 2 is 1.89 bits per heavy atom. The van der Waals surface area contributed by atoms with Gasteiger partial charge in [-0.15, -0.1) is 0 Å². The lowest BCUT2D eigenvalue weighted by atomic mass is 9.97. The molecular weight excluding hydrogens is 236 g/mol. The third-order valence-electron chi connectivity index (χ3n) is 3.30. The van der Waals surface area contributed by atoms with Crippen molar-refractivity contribution in [1.82, 2.24) is 0 Å². The summed E-state index contributed by atoms with van der Waals surface area (Å²) in [5.74, 6) is 0.511. The van der Waals surface area contributed by atoms with Crippen molar-refractivity contribution >= 4 is 0 Å². The van der Waals surface area contributed by atoms with E-state index in [2.05, 4.69) is 44.2 Å². The highest BCUT2D eigenvalue weighted by Crippen LogP contribution is 2.15. The van der Waals surface area contributed by atoms with Gasteiger partial charge in [0.1, 0.15) is 0 Å². The minimum Gasteiger partial charge on any atom is -0.396 e. The normalized spacial score (nSPS) is 15.3. The molecule has 0 saturated heterocycles. The molecule has 1 unspecified atom stereocenters. The van der Waals surface area contributed by atoms with Crippen molar-refractivity contribution in [2.75, 3.05) is 6.61 Å². The van der Waals surface area contributed by atoms with E-state index in [0.29, 0.717) is 12.3 Å². The third kappa shape index (κ3) is 7.14. The Kier molecular flexibility index (Phi) is 7.46. The fourth-order valence-corrected chi connectivity index (χ4v) is 2.30. The SMILES string of the molecule is C/C(=C\[C@H](C)Cc1ccccc1)CCC(O)CCO. The summed E-state index contributed by atoms with van der Waals surface area (Å²) in [5, 5.41) is 18.3. The van der Waals surface area contributed by atoms with Gasteiger partial charge in [-0.3, -0.25) is 0 Å². The first-order chi connectivity index (χ1) is 9.11. The molecule has 0 aliphatic carbocycles. The second kappa shape index (κ2) is 8.89. The molecule has 0 heterocycles. The Bertz CT molecular complexity index is 370. The van der Waals surface area contributed by atoms with Crippen molar-refractivity contribution in [3.63, 3.8) is 0 Å². The van der Waals surface area contributed by atoms with Gasteiger partial charge in [0.25, 0.3) is 0 Å². The van der Waals surface area contributed by atoms with Crippen LogP contribution in [0.5, 0.6) is 0 Å². The van der Waals surface area contributed by atoms with E-state index in [1.165, 1.54) is 11.1 Å². The number of hydrogen-bond donors (Lipinski definition) is 2. The largest absolute Gasteiger partial charge is 0.396 e. The van der Waals surface area contributed by atoms with Gasteiger partial charge >= 0.3 is 0 Å². The lowest BCUT2D eigenvalue weighted by molar-refractivity contribution is 0.125. The van der Waals surface area contributed by atoms with Crippen LogP contribution in [0.4, 0.5) is 0 Å².